The molecule has 0 aliphatic heterocycles. The molecular formula is C18H22BN6O3. The Bertz CT molecular complexity index is 894. The van der Waals surface area contributed by atoms with E-state index in [1.807, 2.05) is 13.8 Å². The van der Waals surface area contributed by atoms with Gasteiger partial charge in [-0.3, -0.25) is 4.79 Å². The Labute approximate surface area is 164 Å². The molecule has 9 nitrogen and oxygen atoms in total. The molecule has 0 atom stereocenters. The van der Waals surface area contributed by atoms with Gasteiger partial charge in [0.25, 0.3) is 0 Å². The van der Waals surface area contributed by atoms with Gasteiger partial charge in [0.2, 0.25) is 0 Å². The molecule has 2 heterocycles. The monoisotopic (exact) mass is 381 g/mol. The molecule has 10 heteroatoms. The van der Waals surface area contributed by atoms with Gasteiger partial charge in [0, 0.05) is 18.4 Å². The molecule has 2 aromatic rings. The van der Waals surface area contributed by atoms with E-state index in [1.165, 1.54) is 19.8 Å². The molecule has 2 rings (SSSR count). The summed E-state index contributed by atoms with van der Waals surface area (Å²) in [5.41, 5.74) is 0.548. The van der Waals surface area contributed by atoms with Gasteiger partial charge in [-0.25, -0.2) is 14.6 Å². The molecule has 1 radical (unpaired) electrons. The minimum atomic E-state index is -0.564. The number of hydrogen-bond acceptors (Lipinski definition) is 8. The quantitative estimate of drug-likeness (QED) is 0.438. The summed E-state index contributed by atoms with van der Waals surface area (Å²) in [7, 11) is 1.19. The summed E-state index contributed by atoms with van der Waals surface area (Å²) in [5.74, 6) is 0.264. The Hall–Kier alpha value is -3.22. The molecule has 1 N–H and O–H groups in total. The largest absolute Gasteiger partial charge is 0.460 e. The van der Waals surface area contributed by atoms with Gasteiger partial charge in [-0.05, 0) is 40.2 Å². The minimum Gasteiger partial charge on any atom is -0.460 e. The Morgan fingerprint density at radius 1 is 1.39 bits per heavy atom. The Morgan fingerprint density at radius 2 is 2.04 bits per heavy atom. The van der Waals surface area contributed by atoms with Crippen molar-refractivity contribution in [1.82, 2.24) is 19.7 Å². The minimum absolute atomic E-state index is 0.0458. The van der Waals surface area contributed by atoms with Gasteiger partial charge >= 0.3 is 13.4 Å². The lowest BCUT2D eigenvalue weighted by Crippen LogP contribution is -2.25. The standard InChI is InChI=1S/C18H22BN6O3/c1-11(2)25-17(23-19-10-26)13(7-20)15(24-25)16-21-8-12(9-22-16)6-14(27)28-18(3,4)5/h8-11,23H,6H2,1-5H3. The van der Waals surface area contributed by atoms with Crippen LogP contribution in [0.15, 0.2) is 12.4 Å². The number of esters is 1. The molecule has 0 spiro atoms. The molecule has 0 bridgehead atoms. The summed E-state index contributed by atoms with van der Waals surface area (Å²) >= 11 is 0. The molecule has 0 saturated heterocycles. The van der Waals surface area contributed by atoms with E-state index in [2.05, 4.69) is 26.4 Å². The number of nitrogens with zero attached hydrogens (tertiary/aromatic N) is 5. The van der Waals surface area contributed by atoms with Crippen molar-refractivity contribution in [3.05, 3.63) is 23.5 Å². The highest BCUT2D eigenvalue weighted by Crippen LogP contribution is 2.28. The predicted molar refractivity (Wildman–Crippen MR) is 104 cm³/mol. The summed E-state index contributed by atoms with van der Waals surface area (Å²) in [6.45, 7) is 9.19. The smallest absolute Gasteiger partial charge is 0.327 e. The van der Waals surface area contributed by atoms with Crippen LogP contribution in [0.25, 0.3) is 11.5 Å². The van der Waals surface area contributed by atoms with Crippen LogP contribution in [-0.4, -0.2) is 44.9 Å². The van der Waals surface area contributed by atoms with E-state index in [4.69, 9.17) is 4.74 Å². The summed E-state index contributed by atoms with van der Waals surface area (Å²) in [6, 6.07) is 2.02. The van der Waals surface area contributed by atoms with E-state index in [0.717, 1.165) is 0 Å². The van der Waals surface area contributed by atoms with Gasteiger partial charge < -0.3 is 14.8 Å². The fraction of sp³-hybridized carbons (Fsp3) is 0.444. The van der Waals surface area contributed by atoms with E-state index < -0.39 is 5.60 Å². The Morgan fingerprint density at radius 3 is 2.54 bits per heavy atom. The summed E-state index contributed by atoms with van der Waals surface area (Å²) in [6.07, 6.45) is 3.64. The molecule has 28 heavy (non-hydrogen) atoms. The van der Waals surface area contributed by atoms with Gasteiger partial charge in [-0.2, -0.15) is 10.4 Å². The van der Waals surface area contributed by atoms with E-state index >= 15 is 0 Å². The van der Waals surface area contributed by atoms with Gasteiger partial charge in [0.15, 0.2) is 5.82 Å². The maximum Gasteiger partial charge on any atom is 0.327 e. The number of anilines is 1. The highest BCUT2D eigenvalue weighted by Gasteiger charge is 2.23. The number of carbonyl (C=O) groups excluding carboxylic acids is 2. The number of aromatic nitrogens is 4. The fourth-order valence-corrected chi connectivity index (χ4v) is 2.43. The highest BCUT2D eigenvalue weighted by atomic mass is 16.6. The third kappa shape index (κ3) is 5.16. The van der Waals surface area contributed by atoms with E-state index in [0.29, 0.717) is 23.3 Å². The van der Waals surface area contributed by atoms with Crippen LogP contribution < -0.4 is 5.23 Å². The number of nitrogens with one attached hydrogen (secondary N) is 1. The molecule has 145 valence electrons. The van der Waals surface area contributed by atoms with Crippen LogP contribution >= 0.6 is 0 Å². The predicted octanol–water partition coefficient (Wildman–Crippen LogP) is 1.90. The van der Waals surface area contributed by atoms with Crippen LogP contribution in [-0.2, 0) is 20.7 Å². The first-order valence-electron chi connectivity index (χ1n) is 8.75. The van der Waals surface area contributed by atoms with E-state index in [1.54, 1.807) is 25.5 Å². The third-order valence-corrected chi connectivity index (χ3v) is 3.49. The molecule has 0 amide bonds. The zero-order valence-corrected chi connectivity index (χ0v) is 16.6. The number of nitriles is 1. The molecule has 0 aliphatic carbocycles. The molecular weight excluding hydrogens is 359 g/mol. The SMILES string of the molecule is CC(C)n1nc(-c2ncc(CC(=O)OC(C)(C)C)cn2)c(C#N)c1N[B]C=O. The summed E-state index contributed by atoms with van der Waals surface area (Å²) in [4.78, 5) is 31.1. The molecule has 2 aromatic heterocycles. The third-order valence-electron chi connectivity index (χ3n) is 3.49. The first-order valence-corrected chi connectivity index (χ1v) is 8.75. The van der Waals surface area contributed by atoms with E-state index in [-0.39, 0.29) is 29.8 Å². The van der Waals surface area contributed by atoms with Gasteiger partial charge in [-0.15, -0.1) is 0 Å². The summed E-state index contributed by atoms with van der Waals surface area (Å²) in [5, 5.41) is 16.8. The lowest BCUT2D eigenvalue weighted by molar-refractivity contribution is -0.153. The van der Waals surface area contributed by atoms with Crippen LogP contribution in [0.4, 0.5) is 5.82 Å². The number of hydrogen-bond donors (Lipinski definition) is 1. The Kier molecular flexibility index (Phi) is 6.51. The van der Waals surface area contributed by atoms with Gasteiger partial charge in [-0.1, -0.05) is 0 Å². The van der Waals surface area contributed by atoms with Crippen molar-refractivity contribution in [3.8, 4) is 17.6 Å². The van der Waals surface area contributed by atoms with Crippen molar-refractivity contribution in [3.63, 3.8) is 0 Å². The first-order chi connectivity index (χ1) is 13.2. The average Bonchev–Trinajstić information content (AvgIpc) is 2.97. The second-order valence-electron chi connectivity index (χ2n) is 7.35. The second-order valence-corrected chi connectivity index (χ2v) is 7.35. The van der Waals surface area contributed by atoms with Gasteiger partial charge in [0.05, 0.1) is 6.42 Å². The van der Waals surface area contributed by atoms with Crippen molar-refractivity contribution in [1.29, 1.82) is 5.26 Å². The fourth-order valence-electron chi connectivity index (χ4n) is 2.43. The Balaban J connectivity index is 2.31. The lowest BCUT2D eigenvalue weighted by Gasteiger charge is -2.19. The van der Waals surface area contributed by atoms with E-state index in [9.17, 15) is 14.9 Å². The van der Waals surface area contributed by atoms with Crippen molar-refractivity contribution < 1.29 is 14.3 Å². The molecule has 0 aliphatic rings. The lowest BCUT2D eigenvalue weighted by atomic mass is 9.98. The van der Waals surface area contributed by atoms with Crippen molar-refractivity contribution >= 4 is 25.4 Å². The van der Waals surface area contributed by atoms with Gasteiger partial charge in [0.1, 0.15) is 34.9 Å². The van der Waals surface area contributed by atoms with Crippen LogP contribution in [0.1, 0.15) is 51.8 Å². The number of ether oxygens (including phenoxy) is 1. The first kappa shape index (κ1) is 21.1. The number of rotatable bonds is 7. The highest BCUT2D eigenvalue weighted by molar-refractivity contribution is 6.69. The maximum absolute atomic E-state index is 11.9. The average molecular weight is 381 g/mol. The van der Waals surface area contributed by atoms with Crippen molar-refractivity contribution in [2.24, 2.45) is 0 Å². The van der Waals surface area contributed by atoms with Crippen LogP contribution in [0.5, 0.6) is 0 Å². The topological polar surface area (TPSA) is 123 Å². The zero-order chi connectivity index (χ0) is 20.9. The molecule has 0 unspecified atom stereocenters. The summed E-state index contributed by atoms with van der Waals surface area (Å²) < 4.78 is 6.87. The normalized spacial score (nSPS) is 11.0. The molecule has 0 aromatic carbocycles. The van der Waals surface area contributed by atoms with Crippen LogP contribution in [0.2, 0.25) is 0 Å². The second kappa shape index (κ2) is 8.65. The zero-order valence-electron chi connectivity index (χ0n) is 16.6. The number of carbonyl (C=O) groups is 2. The van der Waals surface area contributed by atoms with Crippen LogP contribution in [0.3, 0.4) is 0 Å². The maximum atomic E-state index is 11.9. The molecule has 0 fully saturated rings. The van der Waals surface area contributed by atoms with Crippen molar-refractivity contribution in [2.45, 2.75) is 52.7 Å². The molecule has 0 saturated carbocycles. The van der Waals surface area contributed by atoms with Crippen molar-refractivity contribution in [2.75, 3.05) is 5.23 Å². The van der Waals surface area contributed by atoms with Crippen LogP contribution in [0, 0.1) is 11.3 Å².